The van der Waals surface area contributed by atoms with Crippen molar-refractivity contribution in [3.8, 4) is 0 Å². The molecule has 100 valence electrons. The fourth-order valence-electron chi connectivity index (χ4n) is 1.61. The van der Waals surface area contributed by atoms with Crippen LogP contribution >= 0.6 is 11.6 Å². The maximum absolute atomic E-state index is 12.8. The fraction of sp³-hybridized carbons (Fsp3) is 0.167. The Hall–Kier alpha value is -1.82. The van der Waals surface area contributed by atoms with E-state index in [0.29, 0.717) is 10.1 Å². The summed E-state index contributed by atoms with van der Waals surface area (Å²) in [6.45, 7) is -0.210. The van der Waals surface area contributed by atoms with E-state index < -0.39 is 17.4 Å². The number of halogens is 4. The predicted octanol–water partition coefficient (Wildman–Crippen LogP) is 2.96. The lowest BCUT2D eigenvalue weighted by atomic mass is 10.2. The summed E-state index contributed by atoms with van der Waals surface area (Å²) < 4.78 is 39.1. The molecule has 0 atom stereocenters. The van der Waals surface area contributed by atoms with Gasteiger partial charge in [0.05, 0.1) is 6.54 Å². The Morgan fingerprint density at radius 1 is 1.21 bits per heavy atom. The summed E-state index contributed by atoms with van der Waals surface area (Å²) in [4.78, 5) is 15.3. The van der Waals surface area contributed by atoms with Crippen LogP contribution in [0.3, 0.4) is 0 Å². The molecule has 0 spiro atoms. The van der Waals surface area contributed by atoms with E-state index in [-0.39, 0.29) is 11.7 Å². The number of nitrogens with zero attached hydrogens (tertiary/aromatic N) is 2. The normalized spacial score (nSPS) is 11.6. The molecule has 0 aliphatic heterocycles. The van der Waals surface area contributed by atoms with Crippen LogP contribution in [0.1, 0.15) is 11.3 Å². The monoisotopic (exact) mass is 288 g/mol. The first-order valence-corrected chi connectivity index (χ1v) is 5.63. The Morgan fingerprint density at radius 3 is 2.53 bits per heavy atom. The van der Waals surface area contributed by atoms with E-state index in [0.717, 1.165) is 18.2 Å². The van der Waals surface area contributed by atoms with Gasteiger partial charge in [-0.1, -0.05) is 23.7 Å². The zero-order valence-electron chi connectivity index (χ0n) is 9.49. The minimum Gasteiger partial charge on any atom is -0.300 e. The largest absolute Gasteiger partial charge is 0.431 e. The van der Waals surface area contributed by atoms with E-state index in [1.807, 2.05) is 0 Å². The molecule has 7 heteroatoms. The molecular formula is C12H8ClF3N2O. The standard InChI is InChI=1S/C12H8ClF3N2O/c13-10-5-4-8(6-17-10)7-18-9(12(14,15)16)2-1-3-11(18)19/h1-6H,7H2. The van der Waals surface area contributed by atoms with Crippen LogP contribution in [-0.2, 0) is 12.7 Å². The van der Waals surface area contributed by atoms with Crippen molar-refractivity contribution in [2.24, 2.45) is 0 Å². The van der Waals surface area contributed by atoms with Crippen molar-refractivity contribution in [3.05, 3.63) is 63.3 Å². The molecule has 0 unspecified atom stereocenters. The zero-order valence-corrected chi connectivity index (χ0v) is 10.2. The molecule has 0 N–H and O–H groups in total. The Labute approximate surface area is 111 Å². The van der Waals surface area contributed by atoms with Crippen LogP contribution in [0.4, 0.5) is 13.2 Å². The van der Waals surface area contributed by atoms with Gasteiger partial charge in [0.1, 0.15) is 10.8 Å². The van der Waals surface area contributed by atoms with Crippen LogP contribution in [-0.4, -0.2) is 9.55 Å². The predicted molar refractivity (Wildman–Crippen MR) is 64.1 cm³/mol. The van der Waals surface area contributed by atoms with E-state index in [4.69, 9.17) is 11.6 Å². The first-order valence-electron chi connectivity index (χ1n) is 5.25. The molecule has 0 amide bonds. The molecule has 0 aliphatic rings. The topological polar surface area (TPSA) is 34.9 Å². The number of aromatic nitrogens is 2. The SMILES string of the molecule is O=c1cccc(C(F)(F)F)n1Cc1ccc(Cl)nc1. The van der Waals surface area contributed by atoms with Crippen molar-refractivity contribution in [3.63, 3.8) is 0 Å². The van der Waals surface area contributed by atoms with Crippen molar-refractivity contribution in [1.82, 2.24) is 9.55 Å². The summed E-state index contributed by atoms with van der Waals surface area (Å²) in [7, 11) is 0. The smallest absolute Gasteiger partial charge is 0.300 e. The molecule has 3 nitrogen and oxygen atoms in total. The summed E-state index contributed by atoms with van der Waals surface area (Å²) in [6.07, 6.45) is -3.25. The molecular weight excluding hydrogens is 281 g/mol. The second-order valence-corrected chi connectivity index (χ2v) is 4.21. The van der Waals surface area contributed by atoms with Gasteiger partial charge in [0.2, 0.25) is 0 Å². The number of hydrogen-bond donors (Lipinski definition) is 0. The van der Waals surface area contributed by atoms with Crippen molar-refractivity contribution >= 4 is 11.6 Å². The van der Waals surface area contributed by atoms with Crippen molar-refractivity contribution in [2.75, 3.05) is 0 Å². The lowest BCUT2D eigenvalue weighted by Crippen LogP contribution is -2.27. The van der Waals surface area contributed by atoms with Gasteiger partial charge in [-0.3, -0.25) is 9.36 Å². The van der Waals surface area contributed by atoms with Crippen molar-refractivity contribution in [1.29, 1.82) is 0 Å². The Kier molecular flexibility index (Phi) is 3.61. The van der Waals surface area contributed by atoms with Gasteiger partial charge < -0.3 is 0 Å². The van der Waals surface area contributed by atoms with Gasteiger partial charge in [-0.15, -0.1) is 0 Å². The van der Waals surface area contributed by atoms with E-state index in [9.17, 15) is 18.0 Å². The van der Waals surface area contributed by atoms with Crippen LogP contribution in [0, 0.1) is 0 Å². The fourth-order valence-corrected chi connectivity index (χ4v) is 1.73. The number of rotatable bonds is 2. The van der Waals surface area contributed by atoms with E-state index in [1.54, 1.807) is 0 Å². The highest BCUT2D eigenvalue weighted by molar-refractivity contribution is 6.29. The molecule has 2 aromatic rings. The minimum absolute atomic E-state index is 0.210. The van der Waals surface area contributed by atoms with Gasteiger partial charge in [0.25, 0.3) is 5.56 Å². The lowest BCUT2D eigenvalue weighted by molar-refractivity contribution is -0.144. The van der Waals surface area contributed by atoms with Crippen LogP contribution in [0.15, 0.2) is 41.3 Å². The van der Waals surface area contributed by atoms with Crippen molar-refractivity contribution in [2.45, 2.75) is 12.7 Å². The number of pyridine rings is 2. The van der Waals surface area contributed by atoms with Gasteiger partial charge in [-0.05, 0) is 17.7 Å². The van der Waals surface area contributed by atoms with Gasteiger partial charge in [-0.2, -0.15) is 13.2 Å². The maximum Gasteiger partial charge on any atom is 0.431 e. The average Bonchev–Trinajstić information content (AvgIpc) is 2.33. The van der Waals surface area contributed by atoms with Crippen LogP contribution in [0.5, 0.6) is 0 Å². The quantitative estimate of drug-likeness (QED) is 0.796. The molecule has 0 radical (unpaired) electrons. The molecule has 2 heterocycles. The van der Waals surface area contributed by atoms with E-state index in [2.05, 4.69) is 4.98 Å². The molecule has 2 aromatic heterocycles. The molecule has 19 heavy (non-hydrogen) atoms. The Balaban J connectivity index is 2.45. The van der Waals surface area contributed by atoms with Gasteiger partial charge in [-0.25, -0.2) is 4.98 Å². The number of alkyl halides is 3. The molecule has 0 fully saturated rings. The lowest BCUT2D eigenvalue weighted by Gasteiger charge is -2.14. The van der Waals surface area contributed by atoms with E-state index in [1.165, 1.54) is 18.3 Å². The summed E-state index contributed by atoms with van der Waals surface area (Å²) in [5.41, 5.74) is -1.25. The third-order valence-corrected chi connectivity index (χ3v) is 2.69. The first-order chi connectivity index (χ1) is 8.88. The third kappa shape index (κ3) is 3.14. The van der Waals surface area contributed by atoms with Crippen molar-refractivity contribution < 1.29 is 13.2 Å². The summed E-state index contributed by atoms with van der Waals surface area (Å²) in [5, 5.41) is 0.236. The Bertz CT molecular complexity index is 635. The summed E-state index contributed by atoms with van der Waals surface area (Å²) >= 11 is 5.59. The van der Waals surface area contributed by atoms with Gasteiger partial charge in [0.15, 0.2) is 0 Å². The zero-order chi connectivity index (χ0) is 14.0. The van der Waals surface area contributed by atoms with Crippen LogP contribution < -0.4 is 5.56 Å². The van der Waals surface area contributed by atoms with E-state index >= 15 is 0 Å². The molecule has 0 aromatic carbocycles. The minimum atomic E-state index is -4.58. The molecule has 0 saturated heterocycles. The molecule has 0 bridgehead atoms. The van der Waals surface area contributed by atoms with Gasteiger partial charge in [0, 0.05) is 12.3 Å². The third-order valence-electron chi connectivity index (χ3n) is 2.47. The molecule has 0 saturated carbocycles. The second kappa shape index (κ2) is 5.05. The highest BCUT2D eigenvalue weighted by Gasteiger charge is 2.34. The molecule has 0 aliphatic carbocycles. The second-order valence-electron chi connectivity index (χ2n) is 3.82. The average molecular weight is 289 g/mol. The molecule has 2 rings (SSSR count). The van der Waals surface area contributed by atoms with Crippen LogP contribution in [0.2, 0.25) is 5.15 Å². The highest BCUT2D eigenvalue weighted by Crippen LogP contribution is 2.28. The maximum atomic E-state index is 12.8. The Morgan fingerprint density at radius 2 is 1.95 bits per heavy atom. The van der Waals surface area contributed by atoms with Gasteiger partial charge >= 0.3 is 6.18 Å². The number of hydrogen-bond acceptors (Lipinski definition) is 2. The van der Waals surface area contributed by atoms with Crippen LogP contribution in [0.25, 0.3) is 0 Å². The first kappa shape index (κ1) is 13.6. The summed E-state index contributed by atoms with van der Waals surface area (Å²) in [5.74, 6) is 0. The highest BCUT2D eigenvalue weighted by atomic mass is 35.5. The summed E-state index contributed by atoms with van der Waals surface area (Å²) in [6, 6.07) is 6.01.